The van der Waals surface area contributed by atoms with E-state index in [1.807, 2.05) is 13.8 Å². The van der Waals surface area contributed by atoms with E-state index in [4.69, 9.17) is 4.74 Å². The molecule has 1 unspecified atom stereocenters. The smallest absolute Gasteiger partial charge is 0.151 e. The highest BCUT2D eigenvalue weighted by atomic mass is 32.2. The van der Waals surface area contributed by atoms with E-state index >= 15 is 0 Å². The first-order valence-electron chi connectivity index (χ1n) is 5.92. The third-order valence-electron chi connectivity index (χ3n) is 2.53. The summed E-state index contributed by atoms with van der Waals surface area (Å²) in [6.45, 7) is 6.06. The van der Waals surface area contributed by atoms with Gasteiger partial charge in [-0.2, -0.15) is 0 Å². The van der Waals surface area contributed by atoms with Crippen LogP contribution in [0.25, 0.3) is 0 Å². The maximum absolute atomic E-state index is 11.6. The molecule has 98 valence electrons. The molecular weight excluding hydrogens is 226 g/mol. The molecule has 0 saturated heterocycles. The average Bonchev–Trinajstić information content (AvgIpc) is 2.22. The second-order valence-electron chi connectivity index (χ2n) is 4.22. The van der Waals surface area contributed by atoms with Gasteiger partial charge in [-0.3, -0.25) is 0 Å². The minimum atomic E-state index is -2.88. The zero-order chi connectivity index (χ0) is 12.4. The molecule has 16 heavy (non-hydrogen) atoms. The van der Waals surface area contributed by atoms with E-state index in [9.17, 15) is 8.42 Å². The standard InChI is InChI=1S/C11H25NO3S/c1-4-11(2)10-16(13,14)9-7-12-6-5-8-15-3/h11-12H,4-10H2,1-3H3. The fourth-order valence-electron chi connectivity index (χ4n) is 1.33. The fraction of sp³-hybridized carbons (Fsp3) is 1.00. The van der Waals surface area contributed by atoms with Crippen molar-refractivity contribution >= 4 is 9.84 Å². The average molecular weight is 251 g/mol. The number of hydrogen-bond donors (Lipinski definition) is 1. The quantitative estimate of drug-likeness (QED) is 0.590. The first-order valence-corrected chi connectivity index (χ1v) is 7.74. The monoisotopic (exact) mass is 251 g/mol. The van der Waals surface area contributed by atoms with Crippen molar-refractivity contribution in [3.63, 3.8) is 0 Å². The second-order valence-corrected chi connectivity index (χ2v) is 6.45. The van der Waals surface area contributed by atoms with Crippen molar-refractivity contribution in [1.29, 1.82) is 0 Å². The van der Waals surface area contributed by atoms with Gasteiger partial charge in [0.15, 0.2) is 9.84 Å². The third kappa shape index (κ3) is 9.12. The van der Waals surface area contributed by atoms with E-state index in [0.717, 1.165) is 19.4 Å². The van der Waals surface area contributed by atoms with E-state index in [0.29, 0.717) is 18.9 Å². The molecule has 0 aliphatic carbocycles. The number of hydrogen-bond acceptors (Lipinski definition) is 4. The maximum atomic E-state index is 11.6. The summed E-state index contributed by atoms with van der Waals surface area (Å²) in [6.07, 6.45) is 1.84. The molecule has 0 aromatic rings. The van der Waals surface area contributed by atoms with Gasteiger partial charge >= 0.3 is 0 Å². The van der Waals surface area contributed by atoms with Crippen LogP contribution in [0.4, 0.5) is 0 Å². The maximum Gasteiger partial charge on any atom is 0.151 e. The minimum absolute atomic E-state index is 0.240. The van der Waals surface area contributed by atoms with Crippen LogP contribution in [0.3, 0.4) is 0 Å². The molecule has 0 saturated carbocycles. The highest BCUT2D eigenvalue weighted by Crippen LogP contribution is 2.05. The van der Waals surface area contributed by atoms with Crippen molar-refractivity contribution in [2.24, 2.45) is 5.92 Å². The summed E-state index contributed by atoms with van der Waals surface area (Å²) in [4.78, 5) is 0. The summed E-state index contributed by atoms with van der Waals surface area (Å²) in [5.74, 6) is 0.812. The van der Waals surface area contributed by atoms with Crippen LogP contribution in [-0.4, -0.2) is 46.7 Å². The normalized spacial score (nSPS) is 13.9. The van der Waals surface area contributed by atoms with Crippen LogP contribution in [0.15, 0.2) is 0 Å². The molecule has 0 bridgehead atoms. The van der Waals surface area contributed by atoms with Crippen LogP contribution in [0.5, 0.6) is 0 Å². The molecule has 0 fully saturated rings. The Labute approximate surface area is 99.7 Å². The van der Waals surface area contributed by atoms with Crippen LogP contribution < -0.4 is 5.32 Å². The Bertz CT molecular complexity index is 252. The van der Waals surface area contributed by atoms with Gasteiger partial charge in [0.05, 0.1) is 11.5 Å². The molecule has 1 N–H and O–H groups in total. The Morgan fingerprint density at radius 2 is 2.00 bits per heavy atom. The van der Waals surface area contributed by atoms with Crippen LogP contribution >= 0.6 is 0 Å². The summed E-state index contributed by atoms with van der Waals surface area (Å²) >= 11 is 0. The Morgan fingerprint density at radius 3 is 2.56 bits per heavy atom. The van der Waals surface area contributed by atoms with E-state index in [-0.39, 0.29) is 11.7 Å². The van der Waals surface area contributed by atoms with Gasteiger partial charge in [0.1, 0.15) is 0 Å². The lowest BCUT2D eigenvalue weighted by Crippen LogP contribution is -2.27. The number of rotatable bonds is 10. The number of sulfone groups is 1. The van der Waals surface area contributed by atoms with Crippen LogP contribution in [-0.2, 0) is 14.6 Å². The minimum Gasteiger partial charge on any atom is -0.385 e. The van der Waals surface area contributed by atoms with Gasteiger partial charge < -0.3 is 10.1 Å². The van der Waals surface area contributed by atoms with Gasteiger partial charge in [-0.1, -0.05) is 20.3 Å². The second kappa shape index (κ2) is 8.96. The first-order chi connectivity index (χ1) is 7.52. The molecule has 0 amide bonds. The molecule has 0 aliphatic rings. The largest absolute Gasteiger partial charge is 0.385 e. The Hall–Kier alpha value is -0.130. The molecule has 1 atom stereocenters. The van der Waals surface area contributed by atoms with E-state index in [1.165, 1.54) is 0 Å². The predicted molar refractivity (Wildman–Crippen MR) is 67.5 cm³/mol. The lowest BCUT2D eigenvalue weighted by atomic mass is 10.2. The van der Waals surface area contributed by atoms with Gasteiger partial charge in [0.2, 0.25) is 0 Å². The van der Waals surface area contributed by atoms with E-state index in [1.54, 1.807) is 7.11 Å². The molecule has 0 rings (SSSR count). The molecule has 0 aliphatic heterocycles. The topological polar surface area (TPSA) is 55.4 Å². The number of nitrogens with one attached hydrogen (secondary N) is 1. The molecule has 5 heteroatoms. The van der Waals surface area contributed by atoms with Gasteiger partial charge in [-0.25, -0.2) is 8.42 Å². The van der Waals surface area contributed by atoms with Gasteiger partial charge in [-0.05, 0) is 18.9 Å². The van der Waals surface area contributed by atoms with Crippen LogP contribution in [0.1, 0.15) is 26.7 Å². The van der Waals surface area contributed by atoms with Crippen molar-refractivity contribution < 1.29 is 13.2 Å². The molecule has 4 nitrogen and oxygen atoms in total. The van der Waals surface area contributed by atoms with Crippen LogP contribution in [0, 0.1) is 5.92 Å². The Morgan fingerprint density at radius 1 is 1.31 bits per heavy atom. The molecule has 0 radical (unpaired) electrons. The number of ether oxygens (including phenoxy) is 1. The van der Waals surface area contributed by atoms with Crippen molar-refractivity contribution in [3.8, 4) is 0 Å². The van der Waals surface area contributed by atoms with Crippen molar-refractivity contribution in [1.82, 2.24) is 5.32 Å². The third-order valence-corrected chi connectivity index (χ3v) is 4.43. The number of methoxy groups -OCH3 is 1. The molecule has 0 spiro atoms. The summed E-state index contributed by atoms with van der Waals surface area (Å²) in [6, 6.07) is 0. The fourth-order valence-corrected chi connectivity index (χ4v) is 3.05. The molecule has 0 heterocycles. The molecule has 0 aromatic carbocycles. The van der Waals surface area contributed by atoms with Gasteiger partial charge in [0.25, 0.3) is 0 Å². The highest BCUT2D eigenvalue weighted by molar-refractivity contribution is 7.91. The lowest BCUT2D eigenvalue weighted by molar-refractivity contribution is 0.194. The van der Waals surface area contributed by atoms with Gasteiger partial charge in [0, 0.05) is 20.3 Å². The summed E-state index contributed by atoms with van der Waals surface area (Å²) in [5.41, 5.74) is 0. The zero-order valence-electron chi connectivity index (χ0n) is 10.7. The van der Waals surface area contributed by atoms with Crippen molar-refractivity contribution in [2.45, 2.75) is 26.7 Å². The Balaban J connectivity index is 3.59. The lowest BCUT2D eigenvalue weighted by Gasteiger charge is -2.09. The van der Waals surface area contributed by atoms with Gasteiger partial charge in [-0.15, -0.1) is 0 Å². The highest BCUT2D eigenvalue weighted by Gasteiger charge is 2.13. The molecule has 0 aromatic heterocycles. The van der Waals surface area contributed by atoms with E-state index < -0.39 is 9.84 Å². The predicted octanol–water partition coefficient (Wildman–Crippen LogP) is 1.07. The SMILES string of the molecule is CCC(C)CS(=O)(=O)CCNCCCOC. The van der Waals surface area contributed by atoms with Crippen molar-refractivity contribution in [2.75, 3.05) is 38.3 Å². The first kappa shape index (κ1) is 15.9. The Kier molecular flexibility index (Phi) is 8.89. The van der Waals surface area contributed by atoms with Crippen LogP contribution in [0.2, 0.25) is 0 Å². The molecular formula is C11H25NO3S. The van der Waals surface area contributed by atoms with Crippen molar-refractivity contribution in [3.05, 3.63) is 0 Å². The summed E-state index contributed by atoms with van der Waals surface area (Å²) in [5, 5.41) is 3.11. The summed E-state index contributed by atoms with van der Waals surface area (Å²) in [7, 11) is -1.22. The van der Waals surface area contributed by atoms with E-state index in [2.05, 4.69) is 5.32 Å². The summed E-state index contributed by atoms with van der Waals surface area (Å²) < 4.78 is 28.1. The zero-order valence-corrected chi connectivity index (χ0v) is 11.5.